The van der Waals surface area contributed by atoms with Gasteiger partial charge in [0.25, 0.3) is 0 Å². The summed E-state index contributed by atoms with van der Waals surface area (Å²) in [5.41, 5.74) is 5.18. The molecule has 9 aromatic rings. The highest BCUT2D eigenvalue weighted by Crippen LogP contribution is 2.45. The number of hydrogen-bond donors (Lipinski definition) is 8. The number of benzene rings is 5. The molecule has 0 spiro atoms. The van der Waals surface area contributed by atoms with Gasteiger partial charge in [-0.3, -0.25) is 19.6 Å². The van der Waals surface area contributed by atoms with Crippen LogP contribution in [0.4, 0.5) is 0 Å². The van der Waals surface area contributed by atoms with Gasteiger partial charge >= 0.3 is 27.0 Å². The van der Waals surface area contributed by atoms with Gasteiger partial charge in [-0.1, -0.05) is 26.8 Å². The molecule has 8 N–H and O–H groups in total. The molecule has 384 valence electrons. The molecule has 0 saturated carbocycles. The lowest BCUT2D eigenvalue weighted by Gasteiger charge is -2.16. The van der Waals surface area contributed by atoms with Gasteiger partial charge in [-0.15, -0.1) is 0 Å². The number of rotatable bonds is 14. The van der Waals surface area contributed by atoms with Gasteiger partial charge in [0.05, 0.1) is 36.7 Å². The van der Waals surface area contributed by atoms with Crippen LogP contribution in [-0.2, 0) is 42.5 Å². The Morgan fingerprint density at radius 1 is 0.616 bits per heavy atom. The number of fused-ring (bicyclic) bond motifs is 2. The first-order chi connectivity index (χ1) is 34.7. The maximum absolute atomic E-state index is 12.8. The molecule has 0 unspecified atom stereocenters. The van der Waals surface area contributed by atoms with Crippen molar-refractivity contribution in [2.24, 2.45) is 14.1 Å². The quantitative estimate of drug-likeness (QED) is 0.0489. The number of aromatic nitrogens is 8. The van der Waals surface area contributed by atoms with Crippen LogP contribution >= 0.6 is 15.6 Å². The number of methoxy groups -OCH3 is 2. The summed E-state index contributed by atoms with van der Waals surface area (Å²) >= 11 is 0. The second-order valence-electron chi connectivity index (χ2n) is 16.3. The number of hydrogen-bond acceptors (Lipinski definition) is 12. The van der Waals surface area contributed by atoms with Gasteiger partial charge in [-0.25, -0.2) is 38.1 Å². The topological polar surface area (TPSA) is 304 Å². The van der Waals surface area contributed by atoms with Crippen molar-refractivity contribution in [3.63, 3.8) is 0 Å². The largest absolute Gasteiger partial charge is 0.524 e. The average molecular weight is 1040 g/mol. The Balaban J connectivity index is 0.000000213. The monoisotopic (exact) mass is 1040 g/mol. The highest BCUT2D eigenvalue weighted by Gasteiger charge is 2.26. The fraction of sp³-hybridized carbons (Fsp3) is 0.224. The third kappa shape index (κ3) is 11.4. The molecular weight excluding hydrogens is 987 g/mol. The molecular formula is C49H54N8O14P2. The molecule has 4 aromatic heterocycles. The number of aromatic amines is 2. The Hall–Kier alpha value is -7.84. The molecule has 0 saturated heterocycles. The van der Waals surface area contributed by atoms with E-state index in [4.69, 9.17) is 23.8 Å². The lowest BCUT2D eigenvalue weighted by molar-refractivity contribution is 0.279. The third-order valence-corrected chi connectivity index (χ3v) is 12.6. The third-order valence-electron chi connectivity index (χ3n) is 11.7. The van der Waals surface area contributed by atoms with Gasteiger partial charge < -0.3 is 37.9 Å². The number of nitrogens with one attached hydrogen (secondary N) is 2. The number of aromatic hydroxyl groups is 2. The average Bonchev–Trinajstić information content (AvgIpc) is 4.11. The molecule has 5 aromatic carbocycles. The van der Waals surface area contributed by atoms with E-state index in [1.165, 1.54) is 35.5 Å². The smallest absolute Gasteiger partial charge is 0.507 e. The summed E-state index contributed by atoms with van der Waals surface area (Å²) in [5.74, 6) is 0.342. The number of phenolic OH excluding ortho intramolecular Hbond substituents is 2. The minimum absolute atomic E-state index is 0.118. The summed E-state index contributed by atoms with van der Waals surface area (Å²) in [6.45, 7) is 7.75. The van der Waals surface area contributed by atoms with Crippen molar-refractivity contribution >= 4 is 37.5 Å². The van der Waals surface area contributed by atoms with Crippen molar-refractivity contribution in [2.75, 3.05) is 14.2 Å². The molecule has 4 heterocycles. The normalized spacial score (nSPS) is 11.5. The number of nitrogens with zero attached hydrogens (tertiary/aromatic N) is 6. The van der Waals surface area contributed by atoms with Crippen LogP contribution in [0.1, 0.15) is 43.0 Å². The lowest BCUT2D eigenvalue weighted by atomic mass is 10.00. The van der Waals surface area contributed by atoms with Crippen molar-refractivity contribution in [1.82, 2.24) is 38.7 Å². The van der Waals surface area contributed by atoms with Crippen LogP contribution in [0.5, 0.6) is 34.5 Å². The van der Waals surface area contributed by atoms with Crippen molar-refractivity contribution in [3.8, 4) is 68.6 Å². The zero-order chi connectivity index (χ0) is 53.1. The van der Waals surface area contributed by atoms with E-state index in [1.54, 1.807) is 31.2 Å². The van der Waals surface area contributed by atoms with E-state index in [0.29, 0.717) is 46.8 Å². The number of aryl methyl sites for hydroxylation is 6. The van der Waals surface area contributed by atoms with Crippen molar-refractivity contribution in [3.05, 3.63) is 141 Å². The summed E-state index contributed by atoms with van der Waals surface area (Å²) < 4.78 is 49.8. The van der Waals surface area contributed by atoms with Gasteiger partial charge in [-0.2, -0.15) is 10.2 Å². The molecule has 9 rings (SSSR count). The summed E-state index contributed by atoms with van der Waals surface area (Å²) in [7, 11) is -2.83. The van der Waals surface area contributed by atoms with Crippen molar-refractivity contribution in [1.29, 1.82) is 0 Å². The summed E-state index contributed by atoms with van der Waals surface area (Å²) in [6, 6.07) is 23.6. The molecule has 0 amide bonds. The molecule has 22 nitrogen and oxygen atoms in total. The molecule has 0 bridgehead atoms. The van der Waals surface area contributed by atoms with E-state index in [-0.39, 0.29) is 52.2 Å². The first-order valence-electron chi connectivity index (χ1n) is 22.6. The molecule has 0 aliphatic carbocycles. The Kier molecular flexibility index (Phi) is 15.6. The van der Waals surface area contributed by atoms with Crippen LogP contribution in [0.3, 0.4) is 0 Å². The van der Waals surface area contributed by atoms with E-state index in [9.17, 15) is 38.7 Å². The second kappa shape index (κ2) is 21.5. The zero-order valence-corrected chi connectivity index (χ0v) is 42.7. The number of phosphoric acid groups is 2. The van der Waals surface area contributed by atoms with Crippen molar-refractivity contribution < 1.29 is 57.4 Å². The molecule has 73 heavy (non-hydrogen) atoms. The lowest BCUT2D eigenvalue weighted by Crippen LogP contribution is -2.15. The second-order valence-corrected chi connectivity index (χ2v) is 18.7. The molecule has 0 radical (unpaired) electrons. The van der Waals surface area contributed by atoms with Crippen molar-refractivity contribution in [2.45, 2.75) is 47.0 Å². The van der Waals surface area contributed by atoms with E-state index in [0.717, 1.165) is 45.1 Å². The Bertz CT molecular complexity index is 3710. The highest BCUT2D eigenvalue weighted by molar-refractivity contribution is 7.47. The van der Waals surface area contributed by atoms with Crippen LogP contribution in [0.15, 0.2) is 107 Å². The highest BCUT2D eigenvalue weighted by atomic mass is 31.2. The van der Waals surface area contributed by atoms with E-state index in [2.05, 4.69) is 24.9 Å². The predicted octanol–water partition coefficient (Wildman–Crippen LogP) is 7.49. The van der Waals surface area contributed by atoms with Gasteiger partial charge in [0, 0.05) is 60.4 Å². The molecule has 0 fully saturated rings. The molecule has 24 heteroatoms. The number of phenols is 2. The van der Waals surface area contributed by atoms with Crippen LogP contribution in [0, 0.1) is 6.92 Å². The fourth-order valence-electron chi connectivity index (χ4n) is 8.36. The van der Waals surface area contributed by atoms with Gasteiger partial charge in [-0.05, 0) is 115 Å². The molecule has 0 aliphatic heterocycles. The van der Waals surface area contributed by atoms with Gasteiger partial charge in [0.1, 0.15) is 23.0 Å². The number of H-pyrrole nitrogens is 2. The number of phosphoric ester groups is 2. The van der Waals surface area contributed by atoms with Crippen LogP contribution < -0.4 is 29.9 Å². The SMILES string of the molecule is CC.CCc1cc(-c2n[nH]c(=O)n2-c2ccc3c(c2)c(C)cn3C)c(O)cc1OP(=O)(O)O.COc1ccc(CCc2cc(-c3n[nH]c(=O)n3-c3ccc4c(ccn4C)c3)c(O)cc2OP(=O)(O)O)cc1OC. The van der Waals surface area contributed by atoms with Crippen LogP contribution in [-0.4, -0.2) is 82.7 Å². The Morgan fingerprint density at radius 3 is 1.70 bits per heavy atom. The summed E-state index contributed by atoms with van der Waals surface area (Å²) in [5, 5.41) is 36.4. The van der Waals surface area contributed by atoms with Gasteiger partial charge in [0.2, 0.25) is 0 Å². The first-order valence-corrected chi connectivity index (χ1v) is 25.6. The van der Waals surface area contributed by atoms with Crippen LogP contribution in [0.25, 0.3) is 56.0 Å². The number of ether oxygens (including phenoxy) is 2. The predicted molar refractivity (Wildman–Crippen MR) is 273 cm³/mol. The fourth-order valence-corrected chi connectivity index (χ4v) is 9.21. The minimum atomic E-state index is -4.94. The summed E-state index contributed by atoms with van der Waals surface area (Å²) in [4.78, 5) is 62.6. The Labute approximate surface area is 416 Å². The van der Waals surface area contributed by atoms with E-state index >= 15 is 0 Å². The maximum atomic E-state index is 12.8. The zero-order valence-electron chi connectivity index (χ0n) is 40.9. The van der Waals surface area contributed by atoms with E-state index < -0.39 is 27.0 Å². The summed E-state index contributed by atoms with van der Waals surface area (Å²) in [6.07, 6.45) is 4.96. The van der Waals surface area contributed by atoms with Gasteiger partial charge in [0.15, 0.2) is 23.1 Å². The maximum Gasteiger partial charge on any atom is 0.524 e. The standard InChI is InChI=1S/C27H27N4O8P.C20H21N4O6P.C2H6/c1-30-11-10-17-13-19(7-8-21(17)30)31-26(28-29-27(31)33)20-14-18(24(15-22(20)32)39-40(34,35)36)6-4-16-5-9-23(37-2)25(12-16)38-3;1-4-12-7-15(17(25)9-18(12)30-31(27,28)29)19-21-22-20(26)24(19)13-5-6-16-14(8-13)11(2)10-23(16)3;1-2/h5,7-15,32H,4,6H2,1-3H3,(H,29,33)(H2,34,35,36);5-10,25H,4H2,1-3H3,(H,22,26)(H2,27,28,29);1-2H3. The minimum Gasteiger partial charge on any atom is -0.507 e. The first kappa shape index (κ1) is 53.0. The molecule has 0 aliphatic rings. The van der Waals surface area contributed by atoms with E-state index in [1.807, 2.05) is 92.8 Å². The van der Waals surface area contributed by atoms with Crippen LogP contribution in [0.2, 0.25) is 0 Å². The Morgan fingerprint density at radius 2 is 1.15 bits per heavy atom. The molecule has 0 atom stereocenters.